The van der Waals surface area contributed by atoms with Gasteiger partial charge in [-0.25, -0.2) is 15.0 Å². The maximum absolute atomic E-state index is 14.2. The predicted octanol–water partition coefficient (Wildman–Crippen LogP) is 6.00. The van der Waals surface area contributed by atoms with Crippen molar-refractivity contribution in [2.24, 2.45) is 5.92 Å². The van der Waals surface area contributed by atoms with Gasteiger partial charge in [0.2, 0.25) is 5.91 Å². The van der Waals surface area contributed by atoms with E-state index < -0.39 is 11.7 Å². The molecular formula is C27H27F2N5O2. The van der Waals surface area contributed by atoms with Gasteiger partial charge in [0.15, 0.2) is 5.82 Å². The van der Waals surface area contributed by atoms with Crippen LogP contribution in [0.4, 0.5) is 14.6 Å². The van der Waals surface area contributed by atoms with Crippen molar-refractivity contribution in [1.29, 1.82) is 0 Å². The SMILES string of the molecule is CC(=O)Nc1cc2c(-c3cc(C)nc(C(C)(F)F)n3)cn(C(OCc3ccccc3)C3CC3)c2cn1. The van der Waals surface area contributed by atoms with Gasteiger partial charge in [0, 0.05) is 42.6 Å². The number of pyridine rings is 1. The van der Waals surface area contributed by atoms with E-state index in [0.717, 1.165) is 36.2 Å². The lowest BCUT2D eigenvalue weighted by Crippen LogP contribution is -2.15. The van der Waals surface area contributed by atoms with Crippen LogP contribution < -0.4 is 5.32 Å². The summed E-state index contributed by atoms with van der Waals surface area (Å²) in [4.78, 5) is 24.2. The zero-order valence-corrected chi connectivity index (χ0v) is 20.3. The minimum Gasteiger partial charge on any atom is -0.353 e. The van der Waals surface area contributed by atoms with Gasteiger partial charge in [-0.3, -0.25) is 4.79 Å². The molecule has 0 bridgehead atoms. The van der Waals surface area contributed by atoms with E-state index in [-0.39, 0.29) is 12.1 Å². The highest BCUT2D eigenvalue weighted by Gasteiger charge is 2.35. The molecule has 36 heavy (non-hydrogen) atoms. The Hall–Kier alpha value is -3.72. The zero-order valence-electron chi connectivity index (χ0n) is 20.3. The normalized spacial score (nSPS) is 14.7. The molecule has 1 aromatic carbocycles. The summed E-state index contributed by atoms with van der Waals surface area (Å²) >= 11 is 0. The molecule has 5 rings (SSSR count). The van der Waals surface area contributed by atoms with E-state index in [9.17, 15) is 13.6 Å². The molecule has 1 fully saturated rings. The van der Waals surface area contributed by atoms with Crippen LogP contribution in [0.1, 0.15) is 50.0 Å². The van der Waals surface area contributed by atoms with E-state index in [1.165, 1.54) is 6.92 Å². The highest BCUT2D eigenvalue weighted by molar-refractivity contribution is 5.98. The lowest BCUT2D eigenvalue weighted by Gasteiger charge is -2.20. The fourth-order valence-electron chi connectivity index (χ4n) is 4.29. The number of anilines is 1. The summed E-state index contributed by atoms with van der Waals surface area (Å²) in [6, 6.07) is 13.4. The lowest BCUT2D eigenvalue weighted by molar-refractivity contribution is -0.114. The van der Waals surface area contributed by atoms with Crippen molar-refractivity contribution >= 4 is 22.6 Å². The average Bonchev–Trinajstić information content (AvgIpc) is 3.59. The van der Waals surface area contributed by atoms with Crippen LogP contribution >= 0.6 is 0 Å². The van der Waals surface area contributed by atoms with Crippen molar-refractivity contribution in [3.63, 3.8) is 0 Å². The fourth-order valence-corrected chi connectivity index (χ4v) is 4.29. The largest absolute Gasteiger partial charge is 0.353 e. The Morgan fingerprint density at radius 1 is 1.22 bits per heavy atom. The first-order chi connectivity index (χ1) is 17.2. The van der Waals surface area contributed by atoms with Crippen LogP contribution in [0.15, 0.2) is 54.9 Å². The molecule has 1 amide bonds. The Labute approximate surface area is 207 Å². The number of alkyl halides is 2. The number of carbonyl (C=O) groups is 1. The van der Waals surface area contributed by atoms with Crippen molar-refractivity contribution in [1.82, 2.24) is 19.5 Å². The van der Waals surface area contributed by atoms with Gasteiger partial charge in [-0.05, 0) is 37.5 Å². The highest BCUT2D eigenvalue weighted by atomic mass is 19.3. The number of aryl methyl sites for hydroxylation is 1. The van der Waals surface area contributed by atoms with Gasteiger partial charge >= 0.3 is 5.92 Å². The third-order valence-electron chi connectivity index (χ3n) is 6.11. The number of halogens is 2. The number of nitrogens with one attached hydrogen (secondary N) is 1. The molecule has 3 heterocycles. The second-order valence-electron chi connectivity index (χ2n) is 9.35. The molecule has 1 aliphatic carbocycles. The van der Waals surface area contributed by atoms with E-state index in [1.807, 2.05) is 41.1 Å². The van der Waals surface area contributed by atoms with Crippen LogP contribution in [0.2, 0.25) is 0 Å². The van der Waals surface area contributed by atoms with Crippen LogP contribution in [0.25, 0.3) is 22.2 Å². The summed E-state index contributed by atoms with van der Waals surface area (Å²) in [6.07, 6.45) is 5.37. The van der Waals surface area contributed by atoms with Gasteiger partial charge in [-0.2, -0.15) is 8.78 Å². The number of fused-ring (bicyclic) bond motifs is 1. The molecule has 3 aromatic heterocycles. The van der Waals surface area contributed by atoms with Gasteiger partial charge in [0.25, 0.3) is 0 Å². The summed E-state index contributed by atoms with van der Waals surface area (Å²) in [5.74, 6) is -3.27. The first-order valence-electron chi connectivity index (χ1n) is 11.9. The Kier molecular flexibility index (Phi) is 6.26. The van der Waals surface area contributed by atoms with Crippen LogP contribution in [-0.4, -0.2) is 25.4 Å². The van der Waals surface area contributed by atoms with Crippen molar-refractivity contribution < 1.29 is 18.3 Å². The molecule has 0 spiro atoms. The number of ether oxygens (including phenoxy) is 1. The highest BCUT2D eigenvalue weighted by Crippen LogP contribution is 2.44. The van der Waals surface area contributed by atoms with Gasteiger partial charge in [-0.15, -0.1) is 0 Å². The summed E-state index contributed by atoms with van der Waals surface area (Å²) in [7, 11) is 0. The molecule has 1 atom stereocenters. The number of rotatable bonds is 8. The molecule has 9 heteroatoms. The molecule has 186 valence electrons. The molecular weight excluding hydrogens is 464 g/mol. The molecule has 1 N–H and O–H groups in total. The number of amides is 1. The fraction of sp³-hybridized carbons (Fsp3) is 0.333. The van der Waals surface area contributed by atoms with Gasteiger partial charge < -0.3 is 14.6 Å². The van der Waals surface area contributed by atoms with Crippen LogP contribution in [-0.2, 0) is 22.1 Å². The number of benzene rings is 1. The maximum Gasteiger partial charge on any atom is 0.303 e. The van der Waals surface area contributed by atoms with Crippen molar-refractivity contribution in [2.75, 3.05) is 5.32 Å². The minimum absolute atomic E-state index is 0.254. The number of carbonyl (C=O) groups excluding carboxylic acids is 1. The van der Waals surface area contributed by atoms with E-state index in [4.69, 9.17) is 4.74 Å². The van der Waals surface area contributed by atoms with E-state index >= 15 is 0 Å². The summed E-state index contributed by atoms with van der Waals surface area (Å²) in [6.45, 7) is 4.29. The van der Waals surface area contributed by atoms with Crippen molar-refractivity contribution in [2.45, 2.75) is 52.4 Å². The minimum atomic E-state index is -3.18. The molecule has 1 saturated carbocycles. The first kappa shape index (κ1) is 24.0. The smallest absolute Gasteiger partial charge is 0.303 e. The second kappa shape index (κ2) is 9.39. The summed E-state index contributed by atoms with van der Waals surface area (Å²) < 4.78 is 36.7. The third-order valence-corrected chi connectivity index (χ3v) is 6.11. The standard InChI is InChI=1S/C27H27F2N5O2/c1-16-11-22(33-26(31-16)27(3,28)29)21-14-34(23-13-30-24(12-20(21)23)32-17(2)35)25(19-9-10-19)36-15-18-7-5-4-6-8-18/h4-8,11-14,19,25H,9-10,15H2,1-3H3,(H,30,32,35). The Morgan fingerprint density at radius 2 is 1.97 bits per heavy atom. The molecule has 0 radical (unpaired) electrons. The molecule has 0 saturated heterocycles. The first-order valence-corrected chi connectivity index (χ1v) is 11.9. The van der Waals surface area contributed by atoms with Gasteiger partial charge in [0.05, 0.1) is 24.0 Å². The predicted molar refractivity (Wildman–Crippen MR) is 132 cm³/mol. The van der Waals surface area contributed by atoms with E-state index in [1.54, 1.807) is 25.3 Å². The zero-order chi connectivity index (χ0) is 25.4. The van der Waals surface area contributed by atoms with E-state index in [2.05, 4.69) is 20.3 Å². The monoisotopic (exact) mass is 491 g/mol. The number of hydrogen-bond acceptors (Lipinski definition) is 5. The second-order valence-corrected chi connectivity index (χ2v) is 9.35. The van der Waals surface area contributed by atoms with Crippen LogP contribution in [0.3, 0.4) is 0 Å². The van der Waals surface area contributed by atoms with Gasteiger partial charge in [0.1, 0.15) is 12.0 Å². The maximum atomic E-state index is 14.2. The number of hydrogen-bond donors (Lipinski definition) is 1. The molecule has 4 aromatic rings. The van der Waals surface area contributed by atoms with Crippen LogP contribution in [0.5, 0.6) is 0 Å². The van der Waals surface area contributed by atoms with Crippen molar-refractivity contribution in [3.05, 3.63) is 71.9 Å². The molecule has 0 aliphatic heterocycles. The summed E-state index contributed by atoms with van der Waals surface area (Å²) in [5.41, 5.74) is 3.29. The molecule has 1 unspecified atom stereocenters. The van der Waals surface area contributed by atoms with Crippen molar-refractivity contribution in [3.8, 4) is 11.3 Å². The number of aromatic nitrogens is 4. The average molecular weight is 492 g/mol. The lowest BCUT2D eigenvalue weighted by atomic mass is 10.1. The summed E-state index contributed by atoms with van der Waals surface area (Å²) in [5, 5.41) is 3.43. The quantitative estimate of drug-likeness (QED) is 0.327. The Morgan fingerprint density at radius 3 is 2.64 bits per heavy atom. The topological polar surface area (TPSA) is 81.9 Å². The Balaban J connectivity index is 1.63. The van der Waals surface area contributed by atoms with Gasteiger partial charge in [-0.1, -0.05) is 30.3 Å². The third kappa shape index (κ3) is 5.11. The van der Waals surface area contributed by atoms with Crippen LogP contribution in [0, 0.1) is 12.8 Å². The Bertz CT molecular complexity index is 1410. The molecule has 1 aliphatic rings. The van der Waals surface area contributed by atoms with E-state index in [0.29, 0.717) is 35.3 Å². The number of nitrogens with zero attached hydrogens (tertiary/aromatic N) is 4. The molecule has 7 nitrogen and oxygen atoms in total.